The Morgan fingerprint density at radius 1 is 1.09 bits per heavy atom. The van der Waals surface area contributed by atoms with Crippen molar-refractivity contribution >= 4 is 5.69 Å². The highest BCUT2D eigenvalue weighted by Crippen LogP contribution is 2.65. The number of hydrogen-bond acceptors (Lipinski definition) is 4. The Morgan fingerprint density at radius 3 is 2.43 bits per heavy atom. The first-order chi connectivity index (χ1) is 16.5. The van der Waals surface area contributed by atoms with Crippen LogP contribution < -0.4 is 4.74 Å². The van der Waals surface area contributed by atoms with Crippen molar-refractivity contribution in [3.05, 3.63) is 76.4 Å². The van der Waals surface area contributed by atoms with Gasteiger partial charge in [-0.3, -0.25) is 4.57 Å². The van der Waals surface area contributed by atoms with E-state index >= 15 is 0 Å². The molecule has 2 aliphatic heterocycles. The van der Waals surface area contributed by atoms with E-state index in [0.29, 0.717) is 29.7 Å². The summed E-state index contributed by atoms with van der Waals surface area (Å²) in [5, 5.41) is 22.2. The molecule has 1 aromatic heterocycles. The van der Waals surface area contributed by atoms with Crippen molar-refractivity contribution in [3.63, 3.8) is 0 Å². The van der Waals surface area contributed by atoms with Crippen LogP contribution >= 0.6 is 0 Å². The zero-order valence-electron chi connectivity index (χ0n) is 18.5. The van der Waals surface area contributed by atoms with Gasteiger partial charge >= 0.3 is 6.18 Å². The van der Waals surface area contributed by atoms with Crippen molar-refractivity contribution in [1.82, 2.24) is 4.57 Å². The number of ether oxygens (including phenoxy) is 2. The van der Waals surface area contributed by atoms with Crippen LogP contribution in [0, 0.1) is 12.4 Å². The molecule has 2 unspecified atom stereocenters. The maximum atomic E-state index is 13.5. The van der Waals surface area contributed by atoms with Crippen molar-refractivity contribution in [2.24, 2.45) is 0 Å². The molecule has 0 radical (unpaired) electrons. The Labute approximate surface area is 197 Å². The van der Waals surface area contributed by atoms with Gasteiger partial charge in [-0.15, -0.1) is 0 Å². The van der Waals surface area contributed by atoms with Crippen molar-refractivity contribution < 1.29 is 37.2 Å². The summed E-state index contributed by atoms with van der Waals surface area (Å²) in [6, 6.07) is 8.49. The van der Waals surface area contributed by atoms with Gasteiger partial charge in [0.15, 0.2) is 5.69 Å². The fourth-order valence-corrected chi connectivity index (χ4v) is 5.20. The topological polar surface area (TPSA) is 68.2 Å². The summed E-state index contributed by atoms with van der Waals surface area (Å²) in [4.78, 5) is 2.93. The number of fused-ring (bicyclic) bond motifs is 5. The summed E-state index contributed by atoms with van der Waals surface area (Å²) >= 11 is 0. The minimum absolute atomic E-state index is 0.130. The molecular formula is C25H20F4N2O4. The number of rotatable bonds is 5. The first-order valence-corrected chi connectivity index (χ1v) is 10.8. The SMILES string of the molecule is [C-]#[N+]c1ccc(-n2c(O)c3c(c2O)C2(CCOc4ccc(F)cc4)CCC3(C)O2)cc1C(F)(F)F. The van der Waals surface area contributed by atoms with Gasteiger partial charge in [-0.1, -0.05) is 6.07 Å². The van der Waals surface area contributed by atoms with E-state index in [1.54, 1.807) is 6.92 Å². The standard InChI is InChI=1S/C25H20F4N2O4/c1-23-9-10-24(35-23,11-12-34-16-6-3-14(26)4-7-16)20-19(23)21(32)31(22(20)33)15-5-8-18(30-2)17(13-15)25(27,28)29/h3-8,13,32-33H,9-12H2,1H3. The summed E-state index contributed by atoms with van der Waals surface area (Å²) in [5.41, 5.74) is -3.19. The normalized spacial score (nSPS) is 22.7. The molecule has 1 fully saturated rings. The molecule has 2 aliphatic rings. The van der Waals surface area contributed by atoms with E-state index in [4.69, 9.17) is 16.0 Å². The largest absolute Gasteiger partial charge is 0.494 e. The number of benzene rings is 2. The van der Waals surface area contributed by atoms with E-state index in [9.17, 15) is 27.8 Å². The molecule has 0 spiro atoms. The first kappa shape index (κ1) is 23.1. The van der Waals surface area contributed by atoms with E-state index in [2.05, 4.69) is 4.85 Å². The van der Waals surface area contributed by atoms with Gasteiger partial charge in [0.2, 0.25) is 11.8 Å². The lowest BCUT2D eigenvalue weighted by Gasteiger charge is -2.26. The molecule has 2 bridgehead atoms. The van der Waals surface area contributed by atoms with Crippen LogP contribution in [0.25, 0.3) is 10.5 Å². The summed E-state index contributed by atoms with van der Waals surface area (Å²) in [5.74, 6) is -0.784. The minimum atomic E-state index is -4.79. The van der Waals surface area contributed by atoms with Crippen LogP contribution in [0.2, 0.25) is 0 Å². The third-order valence-corrected chi connectivity index (χ3v) is 6.78. The molecular weight excluding hydrogens is 468 g/mol. The second-order valence-corrected chi connectivity index (χ2v) is 8.92. The molecule has 2 aromatic carbocycles. The van der Waals surface area contributed by atoms with Gasteiger partial charge in [-0.25, -0.2) is 9.24 Å². The predicted molar refractivity (Wildman–Crippen MR) is 116 cm³/mol. The van der Waals surface area contributed by atoms with Crippen molar-refractivity contribution in [3.8, 4) is 23.2 Å². The molecule has 5 rings (SSSR count). The van der Waals surface area contributed by atoms with Crippen LogP contribution in [0.1, 0.15) is 42.9 Å². The molecule has 182 valence electrons. The average molecular weight is 488 g/mol. The lowest BCUT2D eigenvalue weighted by atomic mass is 9.78. The molecule has 3 heterocycles. The summed E-state index contributed by atoms with van der Waals surface area (Å²) in [6.45, 7) is 8.94. The molecule has 2 N–H and O–H groups in total. The van der Waals surface area contributed by atoms with E-state index < -0.39 is 46.2 Å². The molecule has 0 saturated carbocycles. The van der Waals surface area contributed by atoms with Gasteiger partial charge in [0.05, 0.1) is 41.2 Å². The van der Waals surface area contributed by atoms with Crippen LogP contribution in [-0.2, 0) is 22.1 Å². The fourth-order valence-electron chi connectivity index (χ4n) is 5.20. The molecule has 6 nitrogen and oxygen atoms in total. The number of halogens is 4. The van der Waals surface area contributed by atoms with Crippen LogP contribution in [-0.4, -0.2) is 21.4 Å². The highest BCUT2D eigenvalue weighted by Gasteiger charge is 2.61. The Kier molecular flexibility index (Phi) is 5.04. The van der Waals surface area contributed by atoms with Crippen LogP contribution in [0.3, 0.4) is 0 Å². The smallest absolute Gasteiger partial charge is 0.407 e. The fraction of sp³-hybridized carbons (Fsp3) is 0.320. The average Bonchev–Trinajstić information content (AvgIpc) is 3.38. The predicted octanol–water partition coefficient (Wildman–Crippen LogP) is 6.30. The van der Waals surface area contributed by atoms with Gasteiger partial charge in [-0.2, -0.15) is 13.2 Å². The second-order valence-electron chi connectivity index (χ2n) is 8.92. The number of alkyl halides is 3. The Morgan fingerprint density at radius 2 is 1.77 bits per heavy atom. The van der Waals surface area contributed by atoms with Gasteiger partial charge < -0.3 is 19.7 Å². The third-order valence-electron chi connectivity index (χ3n) is 6.78. The zero-order chi connectivity index (χ0) is 25.2. The highest BCUT2D eigenvalue weighted by atomic mass is 19.4. The zero-order valence-corrected chi connectivity index (χ0v) is 18.5. The maximum Gasteiger partial charge on any atom is 0.407 e. The molecule has 3 aromatic rings. The molecule has 10 heteroatoms. The highest BCUT2D eigenvalue weighted by molar-refractivity contribution is 5.64. The lowest BCUT2D eigenvalue weighted by molar-refractivity contribution is -0.136. The van der Waals surface area contributed by atoms with Crippen LogP contribution in [0.4, 0.5) is 23.2 Å². The van der Waals surface area contributed by atoms with Crippen LogP contribution in [0.5, 0.6) is 17.5 Å². The first-order valence-electron chi connectivity index (χ1n) is 10.8. The number of hydrogen-bond donors (Lipinski definition) is 2. The Bertz CT molecular complexity index is 1360. The summed E-state index contributed by atoms with van der Waals surface area (Å²) in [7, 11) is 0. The Balaban J connectivity index is 1.53. The molecule has 35 heavy (non-hydrogen) atoms. The molecule has 2 atom stereocenters. The van der Waals surface area contributed by atoms with E-state index in [-0.39, 0.29) is 18.7 Å². The van der Waals surface area contributed by atoms with Gasteiger partial charge in [-0.05, 0) is 56.2 Å². The number of aromatic nitrogens is 1. The van der Waals surface area contributed by atoms with Gasteiger partial charge in [0.1, 0.15) is 17.2 Å². The van der Waals surface area contributed by atoms with E-state index in [1.165, 1.54) is 30.3 Å². The number of aromatic hydroxyl groups is 2. The summed E-state index contributed by atoms with van der Waals surface area (Å²) in [6.07, 6.45) is -3.47. The second kappa shape index (κ2) is 7.65. The van der Waals surface area contributed by atoms with Crippen molar-refractivity contribution in [2.75, 3.05) is 6.61 Å². The third kappa shape index (κ3) is 3.49. The monoisotopic (exact) mass is 488 g/mol. The maximum absolute atomic E-state index is 13.5. The van der Waals surface area contributed by atoms with Gasteiger partial charge in [0, 0.05) is 6.42 Å². The van der Waals surface area contributed by atoms with E-state index in [1.807, 2.05) is 0 Å². The lowest BCUT2D eigenvalue weighted by Crippen LogP contribution is -2.25. The van der Waals surface area contributed by atoms with E-state index in [0.717, 1.165) is 16.7 Å². The summed E-state index contributed by atoms with van der Waals surface area (Å²) < 4.78 is 66.6. The Hall–Kier alpha value is -3.71. The van der Waals surface area contributed by atoms with Crippen molar-refractivity contribution in [2.45, 2.75) is 43.6 Å². The minimum Gasteiger partial charge on any atom is -0.494 e. The van der Waals surface area contributed by atoms with Crippen molar-refractivity contribution in [1.29, 1.82) is 0 Å². The molecule has 1 saturated heterocycles. The van der Waals surface area contributed by atoms with Gasteiger partial charge in [0.25, 0.3) is 0 Å². The number of nitrogens with zero attached hydrogens (tertiary/aromatic N) is 2. The quantitative estimate of drug-likeness (QED) is 0.327. The molecule has 0 amide bonds. The van der Waals surface area contributed by atoms with Crippen LogP contribution in [0.15, 0.2) is 42.5 Å². The molecule has 0 aliphatic carbocycles.